The second-order valence-electron chi connectivity index (χ2n) is 4.69. The lowest BCUT2D eigenvalue weighted by atomic mass is 10.1. The van der Waals surface area contributed by atoms with E-state index in [1.807, 2.05) is 18.2 Å². The number of pyridine rings is 1. The molecule has 1 aliphatic rings. The van der Waals surface area contributed by atoms with Crippen LogP contribution in [-0.4, -0.2) is 43.1 Å². The Morgan fingerprint density at radius 2 is 2.21 bits per heavy atom. The molecule has 104 valence electrons. The normalized spacial score (nSPS) is 19.9. The topological polar surface area (TPSA) is 67.3 Å². The molecule has 0 saturated carbocycles. The summed E-state index contributed by atoms with van der Waals surface area (Å²) in [6, 6.07) is 5.64. The van der Waals surface area contributed by atoms with Crippen molar-refractivity contribution in [3.63, 3.8) is 0 Å². The summed E-state index contributed by atoms with van der Waals surface area (Å²) < 4.78 is 22.0. The molecule has 1 fully saturated rings. The lowest BCUT2D eigenvalue weighted by molar-refractivity contribution is -0.127. The van der Waals surface area contributed by atoms with Crippen LogP contribution in [0.1, 0.15) is 12.1 Å². The van der Waals surface area contributed by atoms with E-state index in [1.165, 1.54) is 0 Å². The second-order valence-corrected chi connectivity index (χ2v) is 7.51. The monoisotopic (exact) mass is 302 g/mol. The summed E-state index contributed by atoms with van der Waals surface area (Å²) in [7, 11) is 1.67. The van der Waals surface area contributed by atoms with Crippen LogP contribution in [0.25, 0.3) is 0 Å². The molecule has 0 N–H and O–H groups in total. The first-order valence-electron chi connectivity index (χ1n) is 6.04. The van der Waals surface area contributed by atoms with Gasteiger partial charge in [0.05, 0.1) is 5.75 Å². The van der Waals surface area contributed by atoms with Gasteiger partial charge in [-0.3, -0.25) is 9.78 Å². The lowest BCUT2D eigenvalue weighted by Crippen LogP contribution is -2.28. The first kappa shape index (κ1) is 14.3. The molecule has 2 heterocycles. The van der Waals surface area contributed by atoms with Gasteiger partial charge in [0.2, 0.25) is 15.0 Å². The van der Waals surface area contributed by atoms with Crippen LogP contribution in [0.2, 0.25) is 0 Å². The van der Waals surface area contributed by atoms with Crippen molar-refractivity contribution in [1.29, 1.82) is 0 Å². The highest BCUT2D eigenvalue weighted by molar-refractivity contribution is 8.13. The Morgan fingerprint density at radius 1 is 1.42 bits per heavy atom. The molecule has 0 spiro atoms. The first-order chi connectivity index (χ1) is 8.94. The zero-order valence-corrected chi connectivity index (χ0v) is 11.9. The van der Waals surface area contributed by atoms with Gasteiger partial charge in [-0.25, -0.2) is 8.42 Å². The van der Waals surface area contributed by atoms with Gasteiger partial charge in [-0.1, -0.05) is 6.07 Å². The summed E-state index contributed by atoms with van der Waals surface area (Å²) >= 11 is 0. The first-order valence-corrected chi connectivity index (χ1v) is 8.52. The van der Waals surface area contributed by atoms with Gasteiger partial charge in [-0.05, 0) is 12.1 Å². The van der Waals surface area contributed by atoms with Crippen molar-refractivity contribution in [3.8, 4) is 0 Å². The Balaban J connectivity index is 1.87. The van der Waals surface area contributed by atoms with Crippen molar-refractivity contribution >= 4 is 25.6 Å². The molecule has 1 aliphatic heterocycles. The number of amides is 1. The molecule has 2 rings (SSSR count). The Labute approximate surface area is 117 Å². The molecule has 1 aromatic heterocycles. The zero-order chi connectivity index (χ0) is 13.9. The van der Waals surface area contributed by atoms with Crippen LogP contribution in [0.15, 0.2) is 24.4 Å². The fourth-order valence-electron chi connectivity index (χ4n) is 2.26. The van der Waals surface area contributed by atoms with Gasteiger partial charge in [0.15, 0.2) is 0 Å². The van der Waals surface area contributed by atoms with E-state index in [4.69, 9.17) is 10.7 Å². The third kappa shape index (κ3) is 4.47. The predicted octanol–water partition coefficient (Wildman–Crippen LogP) is 1.04. The SMILES string of the molecule is O=C1CC(CS(=O)(=O)Cl)CN1CCc1ccccn1. The van der Waals surface area contributed by atoms with E-state index >= 15 is 0 Å². The molecule has 1 saturated heterocycles. The van der Waals surface area contributed by atoms with Crippen molar-refractivity contribution in [3.05, 3.63) is 30.1 Å². The summed E-state index contributed by atoms with van der Waals surface area (Å²) in [5.74, 6) is -0.347. The number of likely N-dealkylation sites (tertiary alicyclic amines) is 1. The van der Waals surface area contributed by atoms with E-state index in [0.717, 1.165) is 5.69 Å². The van der Waals surface area contributed by atoms with Gasteiger partial charge >= 0.3 is 0 Å². The zero-order valence-electron chi connectivity index (χ0n) is 10.3. The molecule has 0 bridgehead atoms. The summed E-state index contributed by atoms with van der Waals surface area (Å²) in [4.78, 5) is 17.6. The third-order valence-corrected chi connectivity index (χ3v) is 4.34. The molecular weight excluding hydrogens is 288 g/mol. The van der Waals surface area contributed by atoms with E-state index in [2.05, 4.69) is 4.98 Å². The molecule has 7 heteroatoms. The van der Waals surface area contributed by atoms with Gasteiger partial charge in [0.1, 0.15) is 0 Å². The van der Waals surface area contributed by atoms with E-state index < -0.39 is 9.05 Å². The largest absolute Gasteiger partial charge is 0.342 e. The number of nitrogens with zero attached hydrogens (tertiary/aromatic N) is 2. The Hall–Kier alpha value is -1.14. The fourth-order valence-corrected chi connectivity index (χ4v) is 3.58. The minimum atomic E-state index is -3.54. The minimum Gasteiger partial charge on any atom is -0.342 e. The molecule has 0 radical (unpaired) electrons. The Kier molecular flexibility index (Phi) is 4.42. The Morgan fingerprint density at radius 3 is 2.84 bits per heavy atom. The maximum Gasteiger partial charge on any atom is 0.232 e. The predicted molar refractivity (Wildman–Crippen MR) is 72.3 cm³/mol. The van der Waals surface area contributed by atoms with Crippen LogP contribution in [0.5, 0.6) is 0 Å². The lowest BCUT2D eigenvalue weighted by Gasteiger charge is -2.15. The second kappa shape index (κ2) is 5.88. The minimum absolute atomic E-state index is 0.0127. The van der Waals surface area contributed by atoms with Gasteiger partial charge in [-0.15, -0.1) is 0 Å². The van der Waals surface area contributed by atoms with Crippen molar-refractivity contribution in [2.45, 2.75) is 12.8 Å². The van der Waals surface area contributed by atoms with Crippen LogP contribution < -0.4 is 0 Å². The van der Waals surface area contributed by atoms with E-state index in [-0.39, 0.29) is 24.0 Å². The molecular formula is C12H15ClN2O3S. The number of aromatic nitrogens is 1. The van der Waals surface area contributed by atoms with E-state index in [9.17, 15) is 13.2 Å². The van der Waals surface area contributed by atoms with Gasteiger partial charge in [0.25, 0.3) is 0 Å². The highest BCUT2D eigenvalue weighted by atomic mass is 35.7. The molecule has 5 nitrogen and oxygen atoms in total. The van der Waals surface area contributed by atoms with Crippen LogP contribution in [-0.2, 0) is 20.3 Å². The average Bonchev–Trinajstić information content (AvgIpc) is 2.66. The standard InChI is InChI=1S/C12H15ClN2O3S/c13-19(17,18)9-10-7-12(16)15(8-10)6-4-11-3-1-2-5-14-11/h1-3,5,10H,4,6-9H2. The van der Waals surface area contributed by atoms with Gasteiger partial charge in [-0.2, -0.15) is 0 Å². The quantitative estimate of drug-likeness (QED) is 0.762. The summed E-state index contributed by atoms with van der Waals surface area (Å²) in [5.41, 5.74) is 0.920. The van der Waals surface area contributed by atoms with Crippen molar-refractivity contribution in [1.82, 2.24) is 9.88 Å². The molecule has 1 atom stereocenters. The number of carbonyl (C=O) groups is 1. The molecule has 1 unspecified atom stereocenters. The highest BCUT2D eigenvalue weighted by Crippen LogP contribution is 2.20. The van der Waals surface area contributed by atoms with Gasteiger partial charge in [0, 0.05) is 54.4 Å². The molecule has 1 amide bonds. The van der Waals surface area contributed by atoms with Crippen LogP contribution in [0.4, 0.5) is 0 Å². The number of hydrogen-bond acceptors (Lipinski definition) is 4. The number of hydrogen-bond donors (Lipinski definition) is 0. The van der Waals surface area contributed by atoms with Crippen molar-refractivity contribution in [2.24, 2.45) is 5.92 Å². The van der Waals surface area contributed by atoms with Gasteiger partial charge < -0.3 is 4.90 Å². The summed E-state index contributed by atoms with van der Waals surface area (Å²) in [6.07, 6.45) is 2.64. The fraction of sp³-hybridized carbons (Fsp3) is 0.500. The maximum absolute atomic E-state index is 11.8. The summed E-state index contributed by atoms with van der Waals surface area (Å²) in [6.45, 7) is 1.02. The van der Waals surface area contributed by atoms with Crippen LogP contribution in [0, 0.1) is 5.92 Å². The smallest absolute Gasteiger partial charge is 0.232 e. The highest BCUT2D eigenvalue weighted by Gasteiger charge is 2.31. The average molecular weight is 303 g/mol. The molecule has 19 heavy (non-hydrogen) atoms. The molecule has 0 aliphatic carbocycles. The van der Waals surface area contributed by atoms with Crippen molar-refractivity contribution < 1.29 is 13.2 Å². The number of carbonyl (C=O) groups excluding carboxylic acids is 1. The van der Waals surface area contributed by atoms with E-state index in [0.29, 0.717) is 19.5 Å². The third-order valence-electron chi connectivity index (χ3n) is 3.09. The molecule has 1 aromatic rings. The summed E-state index contributed by atoms with van der Waals surface area (Å²) in [5, 5.41) is 0. The van der Waals surface area contributed by atoms with Crippen molar-refractivity contribution in [2.75, 3.05) is 18.8 Å². The molecule has 0 aromatic carbocycles. The van der Waals surface area contributed by atoms with Crippen LogP contribution in [0.3, 0.4) is 0 Å². The van der Waals surface area contributed by atoms with Crippen LogP contribution >= 0.6 is 10.7 Å². The number of halogens is 1. The Bertz CT molecular complexity index is 547. The number of rotatable bonds is 5. The maximum atomic E-state index is 11.8. The van der Waals surface area contributed by atoms with E-state index in [1.54, 1.807) is 11.1 Å².